The van der Waals surface area contributed by atoms with E-state index < -0.39 is 15.9 Å². The van der Waals surface area contributed by atoms with E-state index in [9.17, 15) is 4.79 Å². The van der Waals surface area contributed by atoms with Gasteiger partial charge < -0.3 is 11.1 Å². The van der Waals surface area contributed by atoms with Crippen LogP contribution in [0.4, 0.5) is 5.95 Å². The van der Waals surface area contributed by atoms with E-state index in [2.05, 4.69) is 15.4 Å². The molecule has 0 bridgehead atoms. The van der Waals surface area contributed by atoms with Gasteiger partial charge in [0.05, 0.1) is 0 Å². The molecule has 0 aliphatic heterocycles. The molecule has 1 aromatic carbocycles. The highest BCUT2D eigenvalue weighted by atomic mass is 35.6. The lowest BCUT2D eigenvalue weighted by Crippen LogP contribution is -2.41. The van der Waals surface area contributed by atoms with Crippen LogP contribution in [-0.4, -0.2) is 24.5 Å². The first-order valence-electron chi connectivity index (χ1n) is 5.47. The maximum Gasteiger partial charge on any atom is 0.253 e. The number of carbonyl (C=O) groups is 1. The fourth-order valence-corrected chi connectivity index (χ4v) is 1.98. The Labute approximate surface area is 129 Å². The molecule has 1 heterocycles. The molecule has 9 heteroatoms. The fraction of sp³-hybridized carbons (Fsp3) is 0.182. The summed E-state index contributed by atoms with van der Waals surface area (Å²) in [6, 6.07) is 8.51. The number of halogens is 3. The average Bonchev–Trinajstić information content (AvgIpc) is 2.81. The molecule has 0 aliphatic rings. The smallest absolute Gasteiger partial charge is 0.253 e. The number of amides is 1. The van der Waals surface area contributed by atoms with Crippen molar-refractivity contribution in [2.24, 2.45) is 0 Å². The summed E-state index contributed by atoms with van der Waals surface area (Å²) in [5.74, 6) is -0.397. The van der Waals surface area contributed by atoms with Crippen LogP contribution in [0.3, 0.4) is 0 Å². The molecule has 0 saturated carbocycles. The summed E-state index contributed by atoms with van der Waals surface area (Å²) < 4.78 is -0.708. The predicted molar refractivity (Wildman–Crippen MR) is 77.7 cm³/mol. The molecule has 1 unspecified atom stereocenters. The zero-order chi connectivity index (χ0) is 14.8. The third-order valence-corrected chi connectivity index (χ3v) is 3.08. The molecule has 0 radical (unpaired) electrons. The van der Waals surface area contributed by atoms with Gasteiger partial charge in [-0.3, -0.25) is 4.79 Å². The van der Waals surface area contributed by atoms with E-state index in [1.165, 1.54) is 6.33 Å². The molecule has 2 aromatic rings. The van der Waals surface area contributed by atoms with E-state index in [0.29, 0.717) is 5.56 Å². The van der Waals surface area contributed by atoms with Crippen molar-refractivity contribution >= 4 is 46.7 Å². The number of rotatable bonds is 3. The number of nitrogens with zero attached hydrogens (tertiary/aromatic N) is 3. The molecule has 0 aliphatic carbocycles. The van der Waals surface area contributed by atoms with E-state index >= 15 is 0 Å². The summed E-state index contributed by atoms with van der Waals surface area (Å²) in [5, 5.41) is 6.40. The van der Waals surface area contributed by atoms with Gasteiger partial charge in [-0.1, -0.05) is 53.0 Å². The molecule has 1 atom stereocenters. The van der Waals surface area contributed by atoms with Crippen LogP contribution in [0.25, 0.3) is 0 Å². The van der Waals surface area contributed by atoms with E-state index in [1.807, 2.05) is 0 Å². The summed E-state index contributed by atoms with van der Waals surface area (Å²) >= 11 is 17.6. The molecule has 1 aromatic heterocycles. The Kier molecular flexibility index (Phi) is 4.37. The number of aromatic nitrogens is 3. The summed E-state index contributed by atoms with van der Waals surface area (Å²) in [6.07, 6.45) is 0.121. The van der Waals surface area contributed by atoms with Crippen molar-refractivity contribution in [1.29, 1.82) is 0 Å². The van der Waals surface area contributed by atoms with Crippen LogP contribution in [0, 0.1) is 0 Å². The Morgan fingerprint density at radius 1 is 1.30 bits per heavy atom. The summed E-state index contributed by atoms with van der Waals surface area (Å²) in [6.45, 7) is 0. The second-order valence-electron chi connectivity index (χ2n) is 3.85. The minimum Gasteiger partial charge on any atom is -0.368 e. The standard InChI is InChI=1S/C11H10Cl3N5O/c12-11(13,14)9(19-10(15)16-6-17-19)18-8(20)7-4-2-1-3-5-7/h1-6,9H,(H,18,20)(H2,15,16,17). The molecule has 3 N–H and O–H groups in total. The normalized spacial score (nSPS) is 12.9. The highest BCUT2D eigenvalue weighted by Gasteiger charge is 2.37. The number of nitrogens with two attached hydrogens (primary N) is 1. The highest BCUT2D eigenvalue weighted by Crippen LogP contribution is 2.37. The van der Waals surface area contributed by atoms with Crippen molar-refractivity contribution in [2.75, 3.05) is 5.73 Å². The Balaban J connectivity index is 2.26. The first kappa shape index (κ1) is 14.9. The second-order valence-corrected chi connectivity index (χ2v) is 6.22. The lowest BCUT2D eigenvalue weighted by molar-refractivity contribution is 0.0917. The molecule has 2 rings (SSSR count). The van der Waals surface area contributed by atoms with Gasteiger partial charge in [0, 0.05) is 5.56 Å². The van der Waals surface area contributed by atoms with Crippen LogP contribution in [0.2, 0.25) is 0 Å². The van der Waals surface area contributed by atoms with Crippen molar-refractivity contribution in [3.63, 3.8) is 0 Å². The molecular formula is C11H10Cl3N5O. The fourth-order valence-electron chi connectivity index (χ4n) is 1.54. The zero-order valence-corrected chi connectivity index (χ0v) is 12.3. The molecule has 0 fully saturated rings. The highest BCUT2D eigenvalue weighted by molar-refractivity contribution is 6.67. The average molecular weight is 335 g/mol. The Bertz CT molecular complexity index is 596. The van der Waals surface area contributed by atoms with Crippen LogP contribution in [-0.2, 0) is 0 Å². The zero-order valence-electron chi connectivity index (χ0n) is 10.0. The number of anilines is 1. The van der Waals surface area contributed by atoms with Gasteiger partial charge in [0.2, 0.25) is 9.74 Å². The van der Waals surface area contributed by atoms with Crippen molar-refractivity contribution in [3.8, 4) is 0 Å². The van der Waals surface area contributed by atoms with E-state index in [1.54, 1.807) is 30.3 Å². The van der Waals surface area contributed by atoms with Gasteiger partial charge in [0.25, 0.3) is 5.91 Å². The molecule has 1 amide bonds. The van der Waals surface area contributed by atoms with Crippen molar-refractivity contribution in [2.45, 2.75) is 9.96 Å². The van der Waals surface area contributed by atoms with Crippen molar-refractivity contribution < 1.29 is 4.79 Å². The van der Waals surface area contributed by atoms with Crippen molar-refractivity contribution in [1.82, 2.24) is 20.1 Å². The Hall–Kier alpha value is -1.50. The van der Waals surface area contributed by atoms with Crippen LogP contribution in [0.1, 0.15) is 16.5 Å². The van der Waals surface area contributed by atoms with Gasteiger partial charge in [-0.25, -0.2) is 4.68 Å². The van der Waals surface area contributed by atoms with E-state index in [0.717, 1.165) is 4.68 Å². The number of nitrogen functional groups attached to an aromatic ring is 1. The summed E-state index contributed by atoms with van der Waals surface area (Å²) in [7, 11) is 0. The minimum atomic E-state index is -1.84. The second kappa shape index (κ2) is 5.87. The van der Waals surface area contributed by atoms with Gasteiger partial charge in [-0.15, -0.1) is 0 Å². The lowest BCUT2D eigenvalue weighted by atomic mass is 10.2. The third kappa shape index (κ3) is 3.33. The lowest BCUT2D eigenvalue weighted by Gasteiger charge is -2.25. The molecule has 0 saturated heterocycles. The first-order valence-corrected chi connectivity index (χ1v) is 6.60. The largest absolute Gasteiger partial charge is 0.368 e. The quantitative estimate of drug-likeness (QED) is 0.842. The van der Waals surface area contributed by atoms with Crippen LogP contribution in [0.5, 0.6) is 0 Å². The van der Waals surface area contributed by atoms with Crippen LogP contribution in [0.15, 0.2) is 36.7 Å². The van der Waals surface area contributed by atoms with Crippen molar-refractivity contribution in [3.05, 3.63) is 42.2 Å². The molecule has 20 heavy (non-hydrogen) atoms. The number of alkyl halides is 3. The molecule has 0 spiro atoms. The number of hydrogen-bond donors (Lipinski definition) is 2. The maximum atomic E-state index is 12.1. The van der Waals surface area contributed by atoms with E-state index in [-0.39, 0.29) is 5.95 Å². The van der Waals surface area contributed by atoms with Crippen LogP contribution >= 0.6 is 34.8 Å². The SMILES string of the molecule is Nc1ncnn1C(NC(=O)c1ccccc1)C(Cl)(Cl)Cl. The van der Waals surface area contributed by atoms with Gasteiger partial charge in [-0.2, -0.15) is 10.1 Å². The van der Waals surface area contributed by atoms with Crippen LogP contribution < -0.4 is 11.1 Å². The Morgan fingerprint density at radius 2 is 1.95 bits per heavy atom. The van der Waals surface area contributed by atoms with E-state index in [4.69, 9.17) is 40.5 Å². The number of benzene rings is 1. The topological polar surface area (TPSA) is 85.8 Å². The molecule has 106 valence electrons. The molecular weight excluding hydrogens is 325 g/mol. The minimum absolute atomic E-state index is 0.0229. The predicted octanol–water partition coefficient (Wildman–Crippen LogP) is 2.16. The Morgan fingerprint density at radius 3 is 2.45 bits per heavy atom. The van der Waals surface area contributed by atoms with Gasteiger partial charge >= 0.3 is 0 Å². The third-order valence-electron chi connectivity index (χ3n) is 2.46. The summed E-state index contributed by atoms with van der Waals surface area (Å²) in [5.41, 5.74) is 6.04. The summed E-state index contributed by atoms with van der Waals surface area (Å²) in [4.78, 5) is 15.9. The number of hydrogen-bond acceptors (Lipinski definition) is 4. The first-order chi connectivity index (χ1) is 9.39. The van der Waals surface area contributed by atoms with Gasteiger partial charge in [-0.05, 0) is 12.1 Å². The number of nitrogens with one attached hydrogen (secondary N) is 1. The monoisotopic (exact) mass is 333 g/mol. The number of carbonyl (C=O) groups excluding carboxylic acids is 1. The maximum absolute atomic E-state index is 12.1. The molecule has 6 nitrogen and oxygen atoms in total. The van der Waals surface area contributed by atoms with Gasteiger partial charge in [0.1, 0.15) is 6.33 Å². The van der Waals surface area contributed by atoms with Gasteiger partial charge in [0.15, 0.2) is 6.17 Å².